The molecule has 0 aromatic heterocycles. The van der Waals surface area contributed by atoms with E-state index in [4.69, 9.17) is 4.74 Å². The van der Waals surface area contributed by atoms with Crippen molar-refractivity contribution >= 4 is 27.5 Å². The molecule has 3 heteroatoms. The Morgan fingerprint density at radius 2 is 1.02 bits per heavy atom. The van der Waals surface area contributed by atoms with E-state index in [-0.39, 0.29) is 5.97 Å². The summed E-state index contributed by atoms with van der Waals surface area (Å²) in [6.45, 7) is 3.65. The van der Waals surface area contributed by atoms with E-state index in [0.29, 0.717) is 5.56 Å². The SMILES string of the molecule is CC(C)(O)c1ccccc1-c1ccc2ccccc2c1.COC(=O)c1ccccc1-c1ccc2ccccc2c1. The third-order valence-corrected chi connectivity index (χ3v) is 7.04. The Morgan fingerprint density at radius 3 is 1.57 bits per heavy atom. The molecule has 1 N–H and O–H groups in total. The highest BCUT2D eigenvalue weighted by atomic mass is 16.5. The van der Waals surface area contributed by atoms with Gasteiger partial charge in [0, 0.05) is 0 Å². The van der Waals surface area contributed by atoms with Gasteiger partial charge in [-0.3, -0.25) is 0 Å². The summed E-state index contributed by atoms with van der Waals surface area (Å²) in [6, 6.07) is 44.7. The Balaban J connectivity index is 0.000000161. The summed E-state index contributed by atoms with van der Waals surface area (Å²) in [5, 5.41) is 15.1. The van der Waals surface area contributed by atoms with Gasteiger partial charge in [0.15, 0.2) is 0 Å². The number of aliphatic hydroxyl groups is 1. The Hall–Kier alpha value is -4.73. The molecule has 0 amide bonds. The average Bonchev–Trinajstić information content (AvgIpc) is 3.00. The Kier molecular flexibility index (Phi) is 7.77. The van der Waals surface area contributed by atoms with Crippen molar-refractivity contribution in [3.8, 4) is 22.3 Å². The monoisotopic (exact) mass is 524 g/mol. The van der Waals surface area contributed by atoms with E-state index in [1.807, 2.05) is 80.6 Å². The van der Waals surface area contributed by atoms with Gasteiger partial charge in [-0.15, -0.1) is 0 Å². The van der Waals surface area contributed by atoms with Crippen LogP contribution in [0.4, 0.5) is 0 Å². The van der Waals surface area contributed by atoms with Crippen LogP contribution in [0.25, 0.3) is 43.8 Å². The van der Waals surface area contributed by atoms with E-state index in [9.17, 15) is 9.90 Å². The quantitative estimate of drug-likeness (QED) is 0.234. The lowest BCUT2D eigenvalue weighted by atomic mass is 9.89. The Labute approximate surface area is 235 Å². The lowest BCUT2D eigenvalue weighted by Gasteiger charge is -2.22. The van der Waals surface area contributed by atoms with Gasteiger partial charge in [-0.05, 0) is 81.4 Å². The second kappa shape index (κ2) is 11.6. The molecule has 40 heavy (non-hydrogen) atoms. The van der Waals surface area contributed by atoms with E-state index < -0.39 is 5.60 Å². The van der Waals surface area contributed by atoms with Gasteiger partial charge in [0.25, 0.3) is 0 Å². The lowest BCUT2D eigenvalue weighted by Crippen LogP contribution is -2.16. The van der Waals surface area contributed by atoms with Gasteiger partial charge in [0.1, 0.15) is 0 Å². The van der Waals surface area contributed by atoms with Crippen LogP contribution in [0.2, 0.25) is 0 Å². The average molecular weight is 525 g/mol. The molecule has 0 aliphatic heterocycles. The van der Waals surface area contributed by atoms with Crippen molar-refractivity contribution in [3.05, 3.63) is 145 Å². The minimum atomic E-state index is -0.845. The molecule has 198 valence electrons. The number of hydrogen-bond acceptors (Lipinski definition) is 3. The smallest absolute Gasteiger partial charge is 0.338 e. The van der Waals surface area contributed by atoms with Crippen LogP contribution >= 0.6 is 0 Å². The Morgan fingerprint density at radius 1 is 0.575 bits per heavy atom. The zero-order chi connectivity index (χ0) is 28.1. The molecule has 0 aliphatic rings. The van der Waals surface area contributed by atoms with Gasteiger partial charge in [-0.1, -0.05) is 115 Å². The van der Waals surface area contributed by atoms with E-state index in [1.54, 1.807) is 6.07 Å². The molecule has 0 radical (unpaired) electrons. The van der Waals surface area contributed by atoms with E-state index in [0.717, 1.165) is 33.2 Å². The molecule has 0 fully saturated rings. The summed E-state index contributed by atoms with van der Waals surface area (Å²) in [4.78, 5) is 11.8. The van der Waals surface area contributed by atoms with Gasteiger partial charge in [0.05, 0.1) is 18.3 Å². The molecule has 0 saturated carbocycles. The summed E-state index contributed by atoms with van der Waals surface area (Å²) < 4.78 is 4.85. The summed E-state index contributed by atoms with van der Waals surface area (Å²) in [5.41, 5.74) is 4.84. The number of methoxy groups -OCH3 is 1. The zero-order valence-corrected chi connectivity index (χ0v) is 23.0. The van der Waals surface area contributed by atoms with Gasteiger partial charge < -0.3 is 9.84 Å². The minimum Gasteiger partial charge on any atom is -0.465 e. The van der Waals surface area contributed by atoms with Crippen molar-refractivity contribution in [2.45, 2.75) is 19.4 Å². The first-order chi connectivity index (χ1) is 19.3. The van der Waals surface area contributed by atoms with E-state index in [1.165, 1.54) is 23.3 Å². The topological polar surface area (TPSA) is 46.5 Å². The molecule has 6 rings (SSSR count). The number of carbonyl (C=O) groups excluding carboxylic acids is 1. The summed E-state index contributed by atoms with van der Waals surface area (Å²) in [6.07, 6.45) is 0. The van der Waals surface area contributed by atoms with Crippen LogP contribution < -0.4 is 0 Å². The van der Waals surface area contributed by atoms with E-state index >= 15 is 0 Å². The third-order valence-electron chi connectivity index (χ3n) is 7.04. The fourth-order valence-corrected chi connectivity index (χ4v) is 5.00. The summed E-state index contributed by atoms with van der Waals surface area (Å²) in [5.74, 6) is -0.311. The van der Waals surface area contributed by atoms with Crippen molar-refractivity contribution in [2.24, 2.45) is 0 Å². The standard InChI is InChI=1S/C19H18O.C18H14O2/c1-19(2,20)18-10-6-5-9-17(18)16-12-11-14-7-3-4-8-15(14)13-16;1-20-18(19)17-9-5-4-8-16(17)15-11-10-13-6-2-3-7-14(13)12-15/h3-13,20H,1-2H3;2-12H,1H3. The maximum atomic E-state index is 11.8. The molecule has 0 atom stereocenters. The minimum absolute atomic E-state index is 0.311. The predicted molar refractivity (Wildman–Crippen MR) is 165 cm³/mol. The fourth-order valence-electron chi connectivity index (χ4n) is 5.00. The van der Waals surface area contributed by atoms with Crippen molar-refractivity contribution in [1.29, 1.82) is 0 Å². The van der Waals surface area contributed by atoms with Gasteiger partial charge in [-0.2, -0.15) is 0 Å². The number of hydrogen-bond donors (Lipinski definition) is 1. The van der Waals surface area contributed by atoms with Crippen molar-refractivity contribution in [2.75, 3.05) is 7.11 Å². The van der Waals surface area contributed by atoms with Crippen LogP contribution in [0.5, 0.6) is 0 Å². The second-order valence-electron chi connectivity index (χ2n) is 10.3. The van der Waals surface area contributed by atoms with Gasteiger partial charge in [0.2, 0.25) is 0 Å². The van der Waals surface area contributed by atoms with Crippen LogP contribution in [-0.2, 0) is 10.3 Å². The molecule has 0 bridgehead atoms. The van der Waals surface area contributed by atoms with Gasteiger partial charge in [-0.25, -0.2) is 4.79 Å². The number of esters is 1. The highest BCUT2D eigenvalue weighted by molar-refractivity contribution is 5.98. The maximum Gasteiger partial charge on any atom is 0.338 e. The number of rotatable bonds is 4. The number of ether oxygens (including phenoxy) is 1. The normalized spacial score (nSPS) is 11.1. The van der Waals surface area contributed by atoms with Crippen LogP contribution in [0, 0.1) is 0 Å². The van der Waals surface area contributed by atoms with Crippen LogP contribution in [0.1, 0.15) is 29.8 Å². The Bertz CT molecular complexity index is 1790. The molecule has 0 saturated heterocycles. The first kappa shape index (κ1) is 26.9. The largest absolute Gasteiger partial charge is 0.465 e. The number of carbonyl (C=O) groups is 1. The van der Waals surface area contributed by atoms with E-state index in [2.05, 4.69) is 60.7 Å². The van der Waals surface area contributed by atoms with Crippen LogP contribution in [0.15, 0.2) is 133 Å². The maximum absolute atomic E-state index is 11.8. The lowest BCUT2D eigenvalue weighted by molar-refractivity contribution is 0.0601. The summed E-state index contributed by atoms with van der Waals surface area (Å²) in [7, 11) is 1.40. The highest BCUT2D eigenvalue weighted by Crippen LogP contribution is 2.33. The zero-order valence-electron chi connectivity index (χ0n) is 23.0. The van der Waals surface area contributed by atoms with Crippen LogP contribution in [0.3, 0.4) is 0 Å². The molecule has 0 spiro atoms. The molecule has 6 aromatic carbocycles. The van der Waals surface area contributed by atoms with Crippen molar-refractivity contribution < 1.29 is 14.6 Å². The van der Waals surface area contributed by atoms with Crippen molar-refractivity contribution in [3.63, 3.8) is 0 Å². The molecule has 0 aliphatic carbocycles. The van der Waals surface area contributed by atoms with Gasteiger partial charge >= 0.3 is 5.97 Å². The molecule has 0 heterocycles. The second-order valence-corrected chi connectivity index (χ2v) is 10.3. The molecule has 0 unspecified atom stereocenters. The molecule has 3 nitrogen and oxygen atoms in total. The number of fused-ring (bicyclic) bond motifs is 2. The number of benzene rings is 6. The third kappa shape index (κ3) is 5.80. The highest BCUT2D eigenvalue weighted by Gasteiger charge is 2.20. The fraction of sp³-hybridized carbons (Fsp3) is 0.108. The van der Waals surface area contributed by atoms with Crippen molar-refractivity contribution in [1.82, 2.24) is 0 Å². The predicted octanol–water partition coefficient (Wildman–Crippen LogP) is 9.03. The summed E-state index contributed by atoms with van der Waals surface area (Å²) >= 11 is 0. The first-order valence-electron chi connectivity index (χ1n) is 13.3. The first-order valence-corrected chi connectivity index (χ1v) is 13.3. The molecule has 6 aromatic rings. The molecular formula is C37H32O3. The molecular weight excluding hydrogens is 492 g/mol. The van der Waals surface area contributed by atoms with Crippen LogP contribution in [-0.4, -0.2) is 18.2 Å².